The van der Waals surface area contributed by atoms with Crippen molar-refractivity contribution in [3.63, 3.8) is 0 Å². The number of likely N-dealkylation sites (tertiary alicyclic amines) is 1. The highest BCUT2D eigenvalue weighted by Crippen LogP contribution is 2.21. The van der Waals surface area contributed by atoms with Crippen LogP contribution in [0.1, 0.15) is 24.6 Å². The van der Waals surface area contributed by atoms with Gasteiger partial charge >= 0.3 is 0 Å². The highest BCUT2D eigenvalue weighted by atomic mass is 16.5. The van der Waals surface area contributed by atoms with Gasteiger partial charge in [-0.1, -0.05) is 23.4 Å². The molecule has 0 spiro atoms. The molecule has 1 atom stereocenters. The lowest BCUT2D eigenvalue weighted by Crippen LogP contribution is -2.39. The molecule has 2 aromatic rings. The van der Waals surface area contributed by atoms with Gasteiger partial charge in [-0.05, 0) is 38.4 Å². The van der Waals surface area contributed by atoms with E-state index in [2.05, 4.69) is 20.4 Å². The van der Waals surface area contributed by atoms with Crippen LogP contribution in [0.3, 0.4) is 0 Å². The van der Waals surface area contributed by atoms with E-state index < -0.39 is 0 Å². The summed E-state index contributed by atoms with van der Waals surface area (Å²) in [5.74, 6) is 1.20. The fraction of sp³-hybridized carbons (Fsp3) is 0.400. The zero-order valence-corrected chi connectivity index (χ0v) is 12.0. The lowest BCUT2D eigenvalue weighted by molar-refractivity contribution is -0.120. The van der Waals surface area contributed by atoms with Gasteiger partial charge in [0.05, 0.1) is 12.6 Å². The Morgan fingerprint density at radius 2 is 2.24 bits per heavy atom. The van der Waals surface area contributed by atoms with Crippen LogP contribution in [0.5, 0.6) is 0 Å². The number of anilines is 1. The van der Waals surface area contributed by atoms with E-state index in [1.54, 1.807) is 6.92 Å². The third-order valence-electron chi connectivity index (χ3n) is 3.62. The van der Waals surface area contributed by atoms with E-state index in [-0.39, 0.29) is 11.9 Å². The Labute approximate surface area is 123 Å². The van der Waals surface area contributed by atoms with Crippen molar-refractivity contribution in [3.05, 3.63) is 42.0 Å². The molecule has 0 saturated carbocycles. The molecule has 6 heteroatoms. The van der Waals surface area contributed by atoms with E-state index in [9.17, 15) is 4.79 Å². The molecule has 21 heavy (non-hydrogen) atoms. The Balaban J connectivity index is 1.64. The Kier molecular flexibility index (Phi) is 3.96. The number of carbonyl (C=O) groups is 1. The van der Waals surface area contributed by atoms with Crippen LogP contribution in [0, 0.1) is 6.92 Å². The largest absolute Gasteiger partial charge is 0.338 e. The van der Waals surface area contributed by atoms with Crippen molar-refractivity contribution >= 4 is 11.6 Å². The van der Waals surface area contributed by atoms with E-state index in [1.807, 2.05) is 30.3 Å². The highest BCUT2D eigenvalue weighted by molar-refractivity contribution is 5.94. The predicted molar refractivity (Wildman–Crippen MR) is 77.5 cm³/mol. The maximum Gasteiger partial charge on any atom is 0.241 e. The molecule has 1 amide bonds. The summed E-state index contributed by atoms with van der Waals surface area (Å²) in [6.07, 6.45) is 1.85. The second-order valence-corrected chi connectivity index (χ2v) is 5.22. The number of carbonyl (C=O) groups excluding carboxylic acids is 1. The minimum atomic E-state index is -0.141. The molecule has 1 aromatic carbocycles. The van der Waals surface area contributed by atoms with Crippen molar-refractivity contribution in [2.24, 2.45) is 0 Å². The van der Waals surface area contributed by atoms with Crippen molar-refractivity contribution in [1.29, 1.82) is 0 Å². The van der Waals surface area contributed by atoms with Crippen molar-refractivity contribution < 1.29 is 9.32 Å². The van der Waals surface area contributed by atoms with Gasteiger partial charge in [-0.2, -0.15) is 4.98 Å². The smallest absolute Gasteiger partial charge is 0.241 e. The van der Waals surface area contributed by atoms with Crippen LogP contribution in [0.2, 0.25) is 0 Å². The van der Waals surface area contributed by atoms with Crippen LogP contribution in [0.15, 0.2) is 34.9 Å². The van der Waals surface area contributed by atoms with Gasteiger partial charge in [-0.15, -0.1) is 0 Å². The van der Waals surface area contributed by atoms with Crippen molar-refractivity contribution in [3.8, 4) is 0 Å². The van der Waals surface area contributed by atoms with Crippen LogP contribution in [0.4, 0.5) is 5.69 Å². The number of aryl methyl sites for hydroxylation is 1. The number of hydrogen-bond donors (Lipinski definition) is 1. The summed E-state index contributed by atoms with van der Waals surface area (Å²) in [5, 5.41) is 6.74. The fourth-order valence-corrected chi connectivity index (χ4v) is 2.64. The first kappa shape index (κ1) is 13.8. The number of benzene rings is 1. The van der Waals surface area contributed by atoms with Gasteiger partial charge in [0, 0.05) is 5.69 Å². The molecule has 1 fully saturated rings. The van der Waals surface area contributed by atoms with Gasteiger partial charge < -0.3 is 9.84 Å². The number of amides is 1. The lowest BCUT2D eigenvalue weighted by atomic mass is 10.2. The summed E-state index contributed by atoms with van der Waals surface area (Å²) in [6, 6.07) is 9.37. The molecular weight excluding hydrogens is 268 g/mol. The summed E-state index contributed by atoms with van der Waals surface area (Å²) in [7, 11) is 0. The zero-order chi connectivity index (χ0) is 14.7. The maximum atomic E-state index is 12.4. The first-order valence-electron chi connectivity index (χ1n) is 7.11. The number of hydrogen-bond acceptors (Lipinski definition) is 5. The number of nitrogens with zero attached hydrogens (tertiary/aromatic N) is 3. The van der Waals surface area contributed by atoms with Gasteiger partial charge in [-0.25, -0.2) is 0 Å². The van der Waals surface area contributed by atoms with Crippen molar-refractivity contribution in [1.82, 2.24) is 15.0 Å². The molecule has 1 aliphatic rings. The van der Waals surface area contributed by atoms with E-state index in [0.29, 0.717) is 18.3 Å². The van der Waals surface area contributed by atoms with E-state index >= 15 is 0 Å². The number of aromatic nitrogens is 2. The SMILES string of the molecule is Cc1noc(CN2CCC[C@H]2C(=O)Nc2ccccc2)n1. The molecule has 0 bridgehead atoms. The van der Waals surface area contributed by atoms with Crippen LogP contribution in [-0.4, -0.2) is 33.5 Å². The Bertz CT molecular complexity index is 611. The first-order chi connectivity index (χ1) is 10.2. The second kappa shape index (κ2) is 6.05. The molecule has 1 saturated heterocycles. The van der Waals surface area contributed by atoms with Gasteiger partial charge in [0.25, 0.3) is 0 Å². The topological polar surface area (TPSA) is 71.3 Å². The Hall–Kier alpha value is -2.21. The van der Waals surface area contributed by atoms with Gasteiger partial charge in [0.2, 0.25) is 11.8 Å². The average molecular weight is 286 g/mol. The number of para-hydroxylation sites is 1. The molecule has 2 heterocycles. The van der Waals surface area contributed by atoms with Crippen molar-refractivity contribution in [2.75, 3.05) is 11.9 Å². The van der Waals surface area contributed by atoms with Gasteiger partial charge in [0.1, 0.15) is 0 Å². The first-order valence-corrected chi connectivity index (χ1v) is 7.11. The van der Waals surface area contributed by atoms with E-state index in [4.69, 9.17) is 4.52 Å². The van der Waals surface area contributed by atoms with E-state index in [1.165, 1.54) is 0 Å². The van der Waals surface area contributed by atoms with Crippen LogP contribution in [0.25, 0.3) is 0 Å². The maximum absolute atomic E-state index is 12.4. The molecule has 1 aliphatic heterocycles. The quantitative estimate of drug-likeness (QED) is 0.930. The minimum Gasteiger partial charge on any atom is -0.338 e. The molecule has 110 valence electrons. The molecule has 6 nitrogen and oxygen atoms in total. The van der Waals surface area contributed by atoms with Crippen molar-refractivity contribution in [2.45, 2.75) is 32.4 Å². The fourth-order valence-electron chi connectivity index (χ4n) is 2.64. The Morgan fingerprint density at radius 3 is 2.95 bits per heavy atom. The lowest BCUT2D eigenvalue weighted by Gasteiger charge is -2.21. The summed E-state index contributed by atoms with van der Waals surface area (Å²) < 4.78 is 5.14. The molecule has 1 N–H and O–H groups in total. The number of rotatable bonds is 4. The molecular formula is C15H18N4O2. The summed E-state index contributed by atoms with van der Waals surface area (Å²) >= 11 is 0. The predicted octanol–water partition coefficient (Wildman–Crippen LogP) is 1.98. The molecule has 1 aromatic heterocycles. The second-order valence-electron chi connectivity index (χ2n) is 5.22. The third-order valence-corrected chi connectivity index (χ3v) is 3.62. The molecule has 0 unspecified atom stereocenters. The zero-order valence-electron chi connectivity index (χ0n) is 12.0. The van der Waals surface area contributed by atoms with Crippen LogP contribution >= 0.6 is 0 Å². The summed E-state index contributed by atoms with van der Waals surface area (Å²) in [4.78, 5) is 18.7. The van der Waals surface area contributed by atoms with Gasteiger partial charge in [0.15, 0.2) is 5.82 Å². The summed E-state index contributed by atoms with van der Waals surface area (Å²) in [6.45, 7) is 3.18. The molecule has 3 rings (SSSR count). The molecule has 0 radical (unpaired) electrons. The molecule has 0 aliphatic carbocycles. The normalized spacial score (nSPS) is 18.8. The van der Waals surface area contributed by atoms with Crippen LogP contribution in [-0.2, 0) is 11.3 Å². The standard InChI is InChI=1S/C15H18N4O2/c1-11-16-14(21-18-11)10-19-9-5-8-13(19)15(20)17-12-6-3-2-4-7-12/h2-4,6-7,13H,5,8-10H2,1H3,(H,17,20)/t13-/m0/s1. The minimum absolute atomic E-state index is 0.0231. The average Bonchev–Trinajstić information content (AvgIpc) is 3.10. The summed E-state index contributed by atoms with van der Waals surface area (Å²) in [5.41, 5.74) is 0.822. The monoisotopic (exact) mass is 286 g/mol. The van der Waals surface area contributed by atoms with Gasteiger partial charge in [-0.3, -0.25) is 9.69 Å². The Morgan fingerprint density at radius 1 is 1.43 bits per heavy atom. The van der Waals surface area contributed by atoms with E-state index in [0.717, 1.165) is 25.1 Å². The third kappa shape index (κ3) is 3.28. The highest BCUT2D eigenvalue weighted by Gasteiger charge is 2.31. The number of nitrogens with one attached hydrogen (secondary N) is 1. The van der Waals surface area contributed by atoms with Crippen LogP contribution < -0.4 is 5.32 Å².